The van der Waals surface area contributed by atoms with Gasteiger partial charge in [-0.2, -0.15) is 0 Å². The van der Waals surface area contributed by atoms with Crippen molar-refractivity contribution in [3.8, 4) is 0 Å². The van der Waals surface area contributed by atoms with Gasteiger partial charge in [-0.3, -0.25) is 0 Å². The standard InChI is InChI=1S/C13H14FN3S2/c1-7(2)11-6-19-13(17-11)16-8-3-4-9(12(15)18)10(14)5-8/h3-7H,1-2H3,(H2,15,18)(H,16,17). The Morgan fingerprint density at radius 3 is 2.74 bits per heavy atom. The van der Waals surface area contributed by atoms with Crippen molar-refractivity contribution in [1.29, 1.82) is 0 Å². The minimum atomic E-state index is -0.432. The molecule has 0 amide bonds. The molecule has 3 nitrogen and oxygen atoms in total. The Labute approximate surface area is 120 Å². The van der Waals surface area contributed by atoms with E-state index in [2.05, 4.69) is 24.1 Å². The third-order valence-corrected chi connectivity index (χ3v) is 3.60. The second-order valence-corrected chi connectivity index (χ2v) is 5.71. The van der Waals surface area contributed by atoms with Crippen LogP contribution in [0.25, 0.3) is 0 Å². The quantitative estimate of drug-likeness (QED) is 0.843. The van der Waals surface area contributed by atoms with Crippen molar-refractivity contribution in [2.75, 3.05) is 5.32 Å². The number of halogens is 1. The summed E-state index contributed by atoms with van der Waals surface area (Å²) in [5, 5.41) is 5.80. The molecule has 1 heterocycles. The van der Waals surface area contributed by atoms with Gasteiger partial charge in [0.25, 0.3) is 0 Å². The van der Waals surface area contributed by atoms with Gasteiger partial charge in [-0.05, 0) is 24.1 Å². The summed E-state index contributed by atoms with van der Waals surface area (Å²) >= 11 is 6.26. The van der Waals surface area contributed by atoms with Gasteiger partial charge in [0.05, 0.1) is 5.69 Å². The number of rotatable bonds is 4. The molecule has 0 fully saturated rings. The second kappa shape index (κ2) is 5.63. The molecule has 0 aliphatic heterocycles. The first-order valence-corrected chi connectivity index (χ1v) is 7.08. The molecule has 0 bridgehead atoms. The molecule has 0 aliphatic rings. The smallest absolute Gasteiger partial charge is 0.187 e. The highest BCUT2D eigenvalue weighted by molar-refractivity contribution is 7.80. The summed E-state index contributed by atoms with van der Waals surface area (Å²) < 4.78 is 13.7. The van der Waals surface area contributed by atoms with Crippen molar-refractivity contribution < 1.29 is 4.39 Å². The highest BCUT2D eigenvalue weighted by Crippen LogP contribution is 2.25. The number of anilines is 2. The number of nitrogens with zero attached hydrogens (tertiary/aromatic N) is 1. The van der Waals surface area contributed by atoms with Crippen LogP contribution in [0.3, 0.4) is 0 Å². The number of benzene rings is 1. The van der Waals surface area contributed by atoms with Crippen molar-refractivity contribution in [3.63, 3.8) is 0 Å². The molecule has 0 atom stereocenters. The molecule has 2 rings (SSSR count). The van der Waals surface area contributed by atoms with Crippen molar-refractivity contribution >= 4 is 39.4 Å². The fourth-order valence-electron chi connectivity index (χ4n) is 1.52. The number of nitrogens with two attached hydrogens (primary N) is 1. The average molecular weight is 295 g/mol. The Bertz CT molecular complexity index is 608. The van der Waals surface area contributed by atoms with Crippen LogP contribution in [0, 0.1) is 5.82 Å². The normalized spacial score (nSPS) is 10.7. The van der Waals surface area contributed by atoms with E-state index in [0.29, 0.717) is 11.6 Å². The average Bonchev–Trinajstić information content (AvgIpc) is 2.77. The van der Waals surface area contributed by atoms with Crippen LogP contribution in [0.4, 0.5) is 15.2 Å². The van der Waals surface area contributed by atoms with Crippen molar-refractivity contribution in [1.82, 2.24) is 4.98 Å². The Morgan fingerprint density at radius 2 is 2.21 bits per heavy atom. The van der Waals surface area contributed by atoms with Crippen molar-refractivity contribution in [2.45, 2.75) is 19.8 Å². The predicted molar refractivity (Wildman–Crippen MR) is 81.8 cm³/mol. The monoisotopic (exact) mass is 295 g/mol. The summed E-state index contributed by atoms with van der Waals surface area (Å²) in [7, 11) is 0. The molecule has 0 aliphatic carbocycles. The van der Waals surface area contributed by atoms with Crippen LogP contribution in [0.5, 0.6) is 0 Å². The zero-order chi connectivity index (χ0) is 14.0. The van der Waals surface area contributed by atoms with Crippen LogP contribution in [-0.4, -0.2) is 9.97 Å². The van der Waals surface area contributed by atoms with Gasteiger partial charge in [0.1, 0.15) is 10.8 Å². The van der Waals surface area contributed by atoms with Crippen molar-refractivity contribution in [3.05, 3.63) is 40.7 Å². The van der Waals surface area contributed by atoms with Gasteiger partial charge < -0.3 is 11.1 Å². The van der Waals surface area contributed by atoms with E-state index in [1.807, 2.05) is 5.38 Å². The molecule has 19 heavy (non-hydrogen) atoms. The fourth-order valence-corrected chi connectivity index (χ4v) is 2.58. The van der Waals surface area contributed by atoms with Gasteiger partial charge >= 0.3 is 0 Å². The highest BCUT2D eigenvalue weighted by Gasteiger charge is 2.08. The summed E-state index contributed by atoms with van der Waals surface area (Å²) in [6, 6.07) is 4.66. The Morgan fingerprint density at radius 1 is 1.47 bits per heavy atom. The van der Waals surface area contributed by atoms with E-state index in [9.17, 15) is 4.39 Å². The van der Waals surface area contributed by atoms with Crippen LogP contribution in [0.15, 0.2) is 23.6 Å². The van der Waals surface area contributed by atoms with Crippen LogP contribution in [-0.2, 0) is 0 Å². The number of aromatic nitrogens is 1. The first-order chi connectivity index (χ1) is 8.97. The van der Waals surface area contributed by atoms with Crippen LogP contribution >= 0.6 is 23.6 Å². The Hall–Kier alpha value is -1.53. The molecule has 0 unspecified atom stereocenters. The number of nitrogens with one attached hydrogen (secondary N) is 1. The van der Waals surface area contributed by atoms with E-state index in [0.717, 1.165) is 10.8 Å². The molecule has 2 aromatic rings. The van der Waals surface area contributed by atoms with Gasteiger partial charge in [-0.15, -0.1) is 11.3 Å². The minimum absolute atomic E-state index is 0.0559. The molecule has 3 N–H and O–H groups in total. The van der Waals surface area contributed by atoms with E-state index < -0.39 is 5.82 Å². The third kappa shape index (κ3) is 3.27. The largest absolute Gasteiger partial charge is 0.389 e. The zero-order valence-corrected chi connectivity index (χ0v) is 12.2. The summed E-state index contributed by atoms with van der Waals surface area (Å²) in [4.78, 5) is 4.48. The third-order valence-electron chi connectivity index (χ3n) is 2.60. The van der Waals surface area contributed by atoms with Gasteiger partial charge in [0.2, 0.25) is 0 Å². The number of hydrogen-bond donors (Lipinski definition) is 2. The SMILES string of the molecule is CC(C)c1csc(Nc2ccc(C(N)=S)c(F)c2)n1. The summed E-state index contributed by atoms with van der Waals surface area (Å²) in [5.74, 6) is -0.0568. The Balaban J connectivity index is 2.19. The van der Waals surface area contributed by atoms with E-state index in [4.69, 9.17) is 18.0 Å². The first kappa shape index (κ1) is 13.9. The van der Waals surface area contributed by atoms with Crippen LogP contribution in [0.2, 0.25) is 0 Å². The highest BCUT2D eigenvalue weighted by atomic mass is 32.1. The summed E-state index contributed by atoms with van der Waals surface area (Å²) in [6.07, 6.45) is 0. The lowest BCUT2D eigenvalue weighted by Crippen LogP contribution is -2.11. The molecule has 100 valence electrons. The maximum atomic E-state index is 13.7. The first-order valence-electron chi connectivity index (χ1n) is 5.79. The number of thiocarbonyl (C=S) groups is 1. The van der Waals surface area contributed by atoms with Crippen LogP contribution < -0.4 is 11.1 Å². The number of thiazole rings is 1. The molecule has 0 saturated carbocycles. The predicted octanol–water partition coefficient (Wildman–Crippen LogP) is 3.78. The molecule has 6 heteroatoms. The number of hydrogen-bond acceptors (Lipinski definition) is 4. The van der Waals surface area contributed by atoms with Crippen LogP contribution in [0.1, 0.15) is 31.0 Å². The molecular weight excluding hydrogens is 281 g/mol. The lowest BCUT2D eigenvalue weighted by Gasteiger charge is -2.05. The van der Waals surface area contributed by atoms with E-state index >= 15 is 0 Å². The summed E-state index contributed by atoms with van der Waals surface area (Å²) in [5.41, 5.74) is 7.32. The molecule has 1 aromatic heterocycles. The molecule has 0 spiro atoms. The van der Waals surface area contributed by atoms with Crippen molar-refractivity contribution in [2.24, 2.45) is 5.73 Å². The molecular formula is C13H14FN3S2. The maximum absolute atomic E-state index is 13.7. The van der Waals surface area contributed by atoms with Gasteiger partial charge in [-0.25, -0.2) is 9.37 Å². The van der Waals surface area contributed by atoms with E-state index in [1.165, 1.54) is 17.4 Å². The summed E-state index contributed by atoms with van der Waals surface area (Å²) in [6.45, 7) is 4.16. The minimum Gasteiger partial charge on any atom is -0.389 e. The zero-order valence-electron chi connectivity index (χ0n) is 10.6. The van der Waals surface area contributed by atoms with E-state index in [-0.39, 0.29) is 10.6 Å². The van der Waals surface area contributed by atoms with Gasteiger partial charge in [0.15, 0.2) is 5.13 Å². The molecule has 0 radical (unpaired) electrons. The van der Waals surface area contributed by atoms with Gasteiger partial charge in [0, 0.05) is 16.6 Å². The van der Waals surface area contributed by atoms with Gasteiger partial charge in [-0.1, -0.05) is 26.1 Å². The topological polar surface area (TPSA) is 50.9 Å². The Kier molecular flexibility index (Phi) is 4.11. The molecule has 0 saturated heterocycles. The van der Waals surface area contributed by atoms with E-state index in [1.54, 1.807) is 12.1 Å². The second-order valence-electron chi connectivity index (χ2n) is 4.42. The fraction of sp³-hybridized carbons (Fsp3) is 0.231. The maximum Gasteiger partial charge on any atom is 0.187 e. The molecule has 1 aromatic carbocycles. The lowest BCUT2D eigenvalue weighted by molar-refractivity contribution is 0.626. The lowest BCUT2D eigenvalue weighted by atomic mass is 10.2.